The van der Waals surface area contributed by atoms with Crippen LogP contribution in [0.3, 0.4) is 0 Å². The highest BCUT2D eigenvalue weighted by molar-refractivity contribution is 5.81. The SMILES string of the molecule is COCCNC(=O)C(C)N1CCCC1C#N. The zero-order chi connectivity index (χ0) is 12.0. The molecule has 0 aromatic rings. The summed E-state index contributed by atoms with van der Waals surface area (Å²) in [5.41, 5.74) is 0. The molecular formula is C11H19N3O2. The molecule has 0 radical (unpaired) electrons. The van der Waals surface area contributed by atoms with Gasteiger partial charge in [0.2, 0.25) is 5.91 Å². The second-order valence-corrected chi connectivity index (χ2v) is 3.98. The molecule has 5 nitrogen and oxygen atoms in total. The van der Waals surface area contributed by atoms with Crippen molar-refractivity contribution in [3.63, 3.8) is 0 Å². The van der Waals surface area contributed by atoms with E-state index in [1.807, 2.05) is 11.8 Å². The van der Waals surface area contributed by atoms with Crippen LogP contribution in [0.15, 0.2) is 0 Å². The number of nitrogens with one attached hydrogen (secondary N) is 1. The Labute approximate surface area is 96.4 Å². The molecule has 1 amide bonds. The summed E-state index contributed by atoms with van der Waals surface area (Å²) in [5.74, 6) is -0.0285. The summed E-state index contributed by atoms with van der Waals surface area (Å²) in [4.78, 5) is 13.7. The highest BCUT2D eigenvalue weighted by Crippen LogP contribution is 2.19. The van der Waals surface area contributed by atoms with Gasteiger partial charge in [0, 0.05) is 20.2 Å². The highest BCUT2D eigenvalue weighted by atomic mass is 16.5. The first-order valence-corrected chi connectivity index (χ1v) is 5.62. The van der Waals surface area contributed by atoms with Gasteiger partial charge in [0.05, 0.1) is 24.8 Å². The second-order valence-electron chi connectivity index (χ2n) is 3.98. The van der Waals surface area contributed by atoms with Gasteiger partial charge in [-0.15, -0.1) is 0 Å². The van der Waals surface area contributed by atoms with Crippen molar-refractivity contribution in [1.82, 2.24) is 10.2 Å². The number of nitrogens with zero attached hydrogens (tertiary/aromatic N) is 2. The van der Waals surface area contributed by atoms with Crippen molar-refractivity contribution in [3.05, 3.63) is 0 Å². The molecule has 1 aliphatic heterocycles. The van der Waals surface area contributed by atoms with Gasteiger partial charge in [-0.2, -0.15) is 5.26 Å². The maximum Gasteiger partial charge on any atom is 0.237 e. The number of methoxy groups -OCH3 is 1. The minimum Gasteiger partial charge on any atom is -0.383 e. The van der Waals surface area contributed by atoms with Gasteiger partial charge in [0.25, 0.3) is 0 Å². The number of hydrogen-bond acceptors (Lipinski definition) is 4. The molecular weight excluding hydrogens is 206 g/mol. The molecule has 1 rings (SSSR count). The first kappa shape index (κ1) is 12.9. The van der Waals surface area contributed by atoms with Crippen molar-refractivity contribution >= 4 is 5.91 Å². The zero-order valence-corrected chi connectivity index (χ0v) is 9.90. The Morgan fingerprint density at radius 2 is 2.50 bits per heavy atom. The van der Waals surface area contributed by atoms with Crippen LogP contribution >= 0.6 is 0 Å². The molecule has 2 unspecified atom stereocenters. The van der Waals surface area contributed by atoms with Crippen LogP contribution < -0.4 is 5.32 Å². The summed E-state index contributed by atoms with van der Waals surface area (Å²) in [6.07, 6.45) is 1.86. The number of carbonyl (C=O) groups is 1. The van der Waals surface area contributed by atoms with Crippen LogP contribution in [0.25, 0.3) is 0 Å². The third-order valence-electron chi connectivity index (χ3n) is 2.93. The quantitative estimate of drug-likeness (QED) is 0.675. The first-order chi connectivity index (χ1) is 7.70. The Bertz CT molecular complexity index is 275. The van der Waals surface area contributed by atoms with Crippen LogP contribution in [-0.2, 0) is 9.53 Å². The lowest BCUT2D eigenvalue weighted by atomic mass is 10.2. The average molecular weight is 225 g/mol. The molecule has 0 aromatic carbocycles. The number of likely N-dealkylation sites (tertiary alicyclic amines) is 1. The van der Waals surface area contributed by atoms with Gasteiger partial charge in [-0.25, -0.2) is 0 Å². The van der Waals surface area contributed by atoms with Gasteiger partial charge in [-0.1, -0.05) is 0 Å². The van der Waals surface area contributed by atoms with Crippen molar-refractivity contribution < 1.29 is 9.53 Å². The number of carbonyl (C=O) groups excluding carboxylic acids is 1. The van der Waals surface area contributed by atoms with E-state index >= 15 is 0 Å². The molecule has 0 saturated carbocycles. The number of amides is 1. The number of hydrogen-bond donors (Lipinski definition) is 1. The molecule has 0 aromatic heterocycles. The molecule has 1 fully saturated rings. The van der Waals surface area contributed by atoms with E-state index < -0.39 is 0 Å². The summed E-state index contributed by atoms with van der Waals surface area (Å²) in [7, 11) is 1.60. The Balaban J connectivity index is 2.41. The third kappa shape index (κ3) is 3.19. The summed E-state index contributed by atoms with van der Waals surface area (Å²) in [6, 6.07) is 1.90. The maximum atomic E-state index is 11.7. The Kier molecular flexibility index (Phi) is 5.23. The molecule has 5 heteroatoms. The lowest BCUT2D eigenvalue weighted by molar-refractivity contribution is -0.126. The van der Waals surface area contributed by atoms with Crippen LogP contribution in [0.4, 0.5) is 0 Å². The van der Waals surface area contributed by atoms with Crippen molar-refractivity contribution in [2.75, 3.05) is 26.8 Å². The Morgan fingerprint density at radius 1 is 1.75 bits per heavy atom. The molecule has 1 saturated heterocycles. The molecule has 16 heavy (non-hydrogen) atoms. The smallest absolute Gasteiger partial charge is 0.237 e. The standard InChI is InChI=1S/C11H19N3O2/c1-9(11(15)13-5-7-16-2)14-6-3-4-10(14)8-12/h9-10H,3-7H2,1-2H3,(H,13,15). The Morgan fingerprint density at radius 3 is 3.12 bits per heavy atom. The van der Waals surface area contributed by atoms with E-state index in [-0.39, 0.29) is 18.0 Å². The summed E-state index contributed by atoms with van der Waals surface area (Å²) < 4.78 is 4.86. The molecule has 90 valence electrons. The third-order valence-corrected chi connectivity index (χ3v) is 2.93. The molecule has 1 aliphatic rings. The van der Waals surface area contributed by atoms with Gasteiger partial charge in [-0.3, -0.25) is 9.69 Å². The Hall–Kier alpha value is -1.12. The van der Waals surface area contributed by atoms with E-state index in [0.29, 0.717) is 13.2 Å². The average Bonchev–Trinajstić information content (AvgIpc) is 2.76. The van der Waals surface area contributed by atoms with Gasteiger partial charge < -0.3 is 10.1 Å². The number of rotatable bonds is 5. The summed E-state index contributed by atoms with van der Waals surface area (Å²) in [6.45, 7) is 3.71. The van der Waals surface area contributed by atoms with E-state index in [0.717, 1.165) is 19.4 Å². The molecule has 1 N–H and O–H groups in total. The van der Waals surface area contributed by atoms with Crippen molar-refractivity contribution in [1.29, 1.82) is 5.26 Å². The van der Waals surface area contributed by atoms with Crippen molar-refractivity contribution in [2.45, 2.75) is 31.8 Å². The van der Waals surface area contributed by atoms with E-state index in [9.17, 15) is 4.79 Å². The largest absolute Gasteiger partial charge is 0.383 e. The molecule has 0 bridgehead atoms. The van der Waals surface area contributed by atoms with Crippen LogP contribution in [0.1, 0.15) is 19.8 Å². The first-order valence-electron chi connectivity index (χ1n) is 5.62. The fourth-order valence-corrected chi connectivity index (χ4v) is 1.97. The topological polar surface area (TPSA) is 65.4 Å². The second kappa shape index (κ2) is 6.46. The molecule has 0 aliphatic carbocycles. The molecule has 2 atom stereocenters. The van der Waals surface area contributed by atoms with Gasteiger partial charge >= 0.3 is 0 Å². The van der Waals surface area contributed by atoms with Crippen LogP contribution in [0, 0.1) is 11.3 Å². The lowest BCUT2D eigenvalue weighted by Gasteiger charge is -2.25. The van der Waals surface area contributed by atoms with E-state index in [2.05, 4.69) is 11.4 Å². The van der Waals surface area contributed by atoms with Gasteiger partial charge in [-0.05, 0) is 19.8 Å². The van der Waals surface area contributed by atoms with Crippen LogP contribution in [-0.4, -0.2) is 49.7 Å². The number of ether oxygens (including phenoxy) is 1. The highest BCUT2D eigenvalue weighted by Gasteiger charge is 2.31. The summed E-state index contributed by atoms with van der Waals surface area (Å²) >= 11 is 0. The van der Waals surface area contributed by atoms with Gasteiger partial charge in [0.15, 0.2) is 0 Å². The van der Waals surface area contributed by atoms with Gasteiger partial charge in [0.1, 0.15) is 0 Å². The predicted molar refractivity (Wildman–Crippen MR) is 59.7 cm³/mol. The van der Waals surface area contributed by atoms with E-state index in [4.69, 9.17) is 10.00 Å². The summed E-state index contributed by atoms with van der Waals surface area (Å²) in [5, 5.41) is 11.7. The minimum atomic E-state index is -0.232. The molecule has 0 spiro atoms. The maximum absolute atomic E-state index is 11.7. The van der Waals surface area contributed by atoms with E-state index in [1.54, 1.807) is 7.11 Å². The van der Waals surface area contributed by atoms with E-state index in [1.165, 1.54) is 0 Å². The van der Waals surface area contributed by atoms with Crippen molar-refractivity contribution in [2.24, 2.45) is 0 Å². The van der Waals surface area contributed by atoms with Crippen LogP contribution in [0.5, 0.6) is 0 Å². The normalized spacial score (nSPS) is 22.7. The monoisotopic (exact) mass is 225 g/mol. The fourth-order valence-electron chi connectivity index (χ4n) is 1.97. The zero-order valence-electron chi connectivity index (χ0n) is 9.90. The fraction of sp³-hybridized carbons (Fsp3) is 0.818. The predicted octanol–water partition coefficient (Wildman–Crippen LogP) is 0.125. The van der Waals surface area contributed by atoms with Crippen LogP contribution in [0.2, 0.25) is 0 Å². The lowest BCUT2D eigenvalue weighted by Crippen LogP contribution is -2.47. The molecule has 1 heterocycles. The van der Waals surface area contributed by atoms with Crippen molar-refractivity contribution in [3.8, 4) is 6.07 Å². The minimum absolute atomic E-state index is 0.0285. The number of nitriles is 1.